The van der Waals surface area contributed by atoms with Gasteiger partial charge in [0.15, 0.2) is 11.5 Å². The van der Waals surface area contributed by atoms with Gasteiger partial charge in [-0.2, -0.15) is 10.1 Å². The van der Waals surface area contributed by atoms with Crippen LogP contribution in [-0.4, -0.2) is 36.8 Å². The third-order valence-corrected chi connectivity index (χ3v) is 4.22. The van der Waals surface area contributed by atoms with Gasteiger partial charge >= 0.3 is 0 Å². The van der Waals surface area contributed by atoms with E-state index in [1.165, 1.54) is 13.3 Å². The van der Waals surface area contributed by atoms with Crippen LogP contribution in [0, 0.1) is 0 Å². The second-order valence-corrected chi connectivity index (χ2v) is 6.03. The summed E-state index contributed by atoms with van der Waals surface area (Å²) in [6.07, 6.45) is 1.44. The molecule has 7 heteroatoms. The first-order valence-electron chi connectivity index (χ1n) is 7.59. The first-order chi connectivity index (χ1) is 12.1. The van der Waals surface area contributed by atoms with E-state index in [9.17, 15) is 9.59 Å². The summed E-state index contributed by atoms with van der Waals surface area (Å²) < 4.78 is 11.5. The van der Waals surface area contributed by atoms with Crippen LogP contribution in [0.25, 0.3) is 0 Å². The van der Waals surface area contributed by atoms with E-state index in [0.29, 0.717) is 39.3 Å². The summed E-state index contributed by atoms with van der Waals surface area (Å²) in [7, 11) is 1.54. The molecule has 0 aliphatic carbocycles. The number of halogens is 1. The predicted octanol–water partition coefficient (Wildman–Crippen LogP) is 3.49. The standard InChI is InChI=1S/C18H15BrN2O4/c1-3-25-16-14(19)8-11(9-15(16)24-2)10-20-21-17(22)12-6-4-5-7-13(12)18(21)23/h4-10H,3H2,1-2H3/b20-10-. The quantitative estimate of drug-likeness (QED) is 0.566. The number of carbonyl (C=O) groups is 2. The van der Waals surface area contributed by atoms with Crippen LogP contribution >= 0.6 is 15.9 Å². The Balaban J connectivity index is 1.90. The molecule has 0 aromatic heterocycles. The number of carbonyl (C=O) groups excluding carboxylic acids is 2. The van der Waals surface area contributed by atoms with E-state index in [0.717, 1.165) is 5.01 Å². The van der Waals surface area contributed by atoms with Gasteiger partial charge in [0.2, 0.25) is 0 Å². The Labute approximate surface area is 153 Å². The lowest BCUT2D eigenvalue weighted by Crippen LogP contribution is -2.24. The molecule has 0 N–H and O–H groups in total. The van der Waals surface area contributed by atoms with Crippen molar-refractivity contribution >= 4 is 34.0 Å². The topological polar surface area (TPSA) is 68.2 Å². The molecule has 0 unspecified atom stereocenters. The maximum absolute atomic E-state index is 12.3. The van der Waals surface area contributed by atoms with Crippen molar-refractivity contribution in [3.05, 3.63) is 57.6 Å². The van der Waals surface area contributed by atoms with E-state index in [4.69, 9.17) is 9.47 Å². The molecule has 2 aromatic rings. The largest absolute Gasteiger partial charge is 0.493 e. The van der Waals surface area contributed by atoms with Gasteiger partial charge in [0, 0.05) is 0 Å². The summed E-state index contributed by atoms with van der Waals surface area (Å²) in [5.41, 5.74) is 1.37. The summed E-state index contributed by atoms with van der Waals surface area (Å²) in [6.45, 7) is 2.38. The SMILES string of the molecule is CCOc1c(Br)cc(/C=N\N2C(=O)c3ccccc3C2=O)cc1OC. The number of rotatable bonds is 5. The number of hydrazone groups is 1. The Morgan fingerprint density at radius 3 is 2.36 bits per heavy atom. The van der Waals surface area contributed by atoms with E-state index in [-0.39, 0.29) is 0 Å². The second-order valence-electron chi connectivity index (χ2n) is 5.18. The highest BCUT2D eigenvalue weighted by Crippen LogP contribution is 2.36. The monoisotopic (exact) mass is 402 g/mol. The van der Waals surface area contributed by atoms with Crippen LogP contribution in [-0.2, 0) is 0 Å². The summed E-state index contributed by atoms with van der Waals surface area (Å²) in [6, 6.07) is 10.1. The molecule has 3 rings (SSSR count). The van der Waals surface area contributed by atoms with Crippen LogP contribution in [0.4, 0.5) is 0 Å². The number of fused-ring (bicyclic) bond motifs is 1. The Kier molecular flexibility index (Phi) is 4.85. The normalized spacial score (nSPS) is 13.5. The zero-order valence-electron chi connectivity index (χ0n) is 13.7. The molecule has 0 saturated carbocycles. The van der Waals surface area contributed by atoms with Crippen molar-refractivity contribution in [2.75, 3.05) is 13.7 Å². The van der Waals surface area contributed by atoms with Gasteiger partial charge in [-0.1, -0.05) is 12.1 Å². The molecule has 0 fully saturated rings. The molecule has 6 nitrogen and oxygen atoms in total. The van der Waals surface area contributed by atoms with Crippen molar-refractivity contribution in [1.29, 1.82) is 0 Å². The molecule has 0 spiro atoms. The fourth-order valence-corrected chi connectivity index (χ4v) is 3.08. The van der Waals surface area contributed by atoms with Gasteiger partial charge in [0.05, 0.1) is 35.5 Å². The summed E-state index contributed by atoms with van der Waals surface area (Å²) in [5, 5.41) is 4.92. The van der Waals surface area contributed by atoms with E-state index in [1.807, 2.05) is 6.92 Å². The molecule has 25 heavy (non-hydrogen) atoms. The molecule has 1 heterocycles. The Bertz CT molecular complexity index is 844. The molecule has 0 atom stereocenters. The van der Waals surface area contributed by atoms with Crippen LogP contribution in [0.2, 0.25) is 0 Å². The van der Waals surface area contributed by atoms with E-state index in [1.54, 1.807) is 36.4 Å². The van der Waals surface area contributed by atoms with Gasteiger partial charge in [0.25, 0.3) is 11.8 Å². The van der Waals surface area contributed by atoms with Crippen LogP contribution in [0.3, 0.4) is 0 Å². The first kappa shape index (κ1) is 17.2. The third kappa shape index (κ3) is 3.15. The minimum atomic E-state index is -0.436. The second kappa shape index (κ2) is 7.06. The molecule has 128 valence electrons. The minimum Gasteiger partial charge on any atom is -0.493 e. The highest BCUT2D eigenvalue weighted by molar-refractivity contribution is 9.10. The maximum atomic E-state index is 12.3. The molecular weight excluding hydrogens is 388 g/mol. The number of amides is 2. The predicted molar refractivity (Wildman–Crippen MR) is 96.4 cm³/mol. The number of imide groups is 1. The van der Waals surface area contributed by atoms with Crippen molar-refractivity contribution < 1.29 is 19.1 Å². The number of benzene rings is 2. The molecule has 0 saturated heterocycles. The van der Waals surface area contributed by atoms with Crippen molar-refractivity contribution in [1.82, 2.24) is 5.01 Å². The number of methoxy groups -OCH3 is 1. The number of ether oxygens (including phenoxy) is 2. The molecule has 2 aromatic carbocycles. The van der Waals surface area contributed by atoms with Crippen LogP contribution in [0.15, 0.2) is 46.0 Å². The zero-order chi connectivity index (χ0) is 18.0. The first-order valence-corrected chi connectivity index (χ1v) is 8.38. The van der Waals surface area contributed by atoms with Crippen molar-refractivity contribution in [3.63, 3.8) is 0 Å². The Morgan fingerprint density at radius 2 is 1.80 bits per heavy atom. The minimum absolute atomic E-state index is 0.357. The lowest BCUT2D eigenvalue weighted by Gasteiger charge is -2.12. The average Bonchev–Trinajstić information content (AvgIpc) is 2.86. The van der Waals surface area contributed by atoms with Crippen LogP contribution in [0.1, 0.15) is 33.2 Å². The fourth-order valence-electron chi connectivity index (χ4n) is 2.50. The van der Waals surface area contributed by atoms with E-state index >= 15 is 0 Å². The van der Waals surface area contributed by atoms with Crippen molar-refractivity contribution in [2.45, 2.75) is 6.92 Å². The number of hydrogen-bond donors (Lipinski definition) is 0. The molecule has 1 aliphatic heterocycles. The van der Waals surface area contributed by atoms with Gasteiger partial charge in [-0.25, -0.2) is 0 Å². The smallest absolute Gasteiger partial charge is 0.282 e. The average molecular weight is 403 g/mol. The van der Waals surface area contributed by atoms with E-state index in [2.05, 4.69) is 21.0 Å². The molecule has 0 bridgehead atoms. The van der Waals surface area contributed by atoms with E-state index < -0.39 is 11.8 Å². The highest BCUT2D eigenvalue weighted by atomic mass is 79.9. The number of nitrogens with zero attached hydrogens (tertiary/aromatic N) is 2. The summed E-state index contributed by atoms with van der Waals surface area (Å²) in [4.78, 5) is 24.6. The molecular formula is C18H15BrN2O4. The van der Waals surface area contributed by atoms with Gasteiger partial charge in [0.1, 0.15) is 0 Å². The Hall–Kier alpha value is -2.67. The van der Waals surface area contributed by atoms with Crippen molar-refractivity contribution in [2.24, 2.45) is 5.10 Å². The van der Waals surface area contributed by atoms with Gasteiger partial charge in [-0.3, -0.25) is 9.59 Å². The highest BCUT2D eigenvalue weighted by Gasteiger charge is 2.35. The van der Waals surface area contributed by atoms with Crippen LogP contribution < -0.4 is 9.47 Å². The zero-order valence-corrected chi connectivity index (χ0v) is 15.2. The molecule has 2 amide bonds. The third-order valence-electron chi connectivity index (χ3n) is 3.64. The fraction of sp³-hybridized carbons (Fsp3) is 0.167. The Morgan fingerprint density at radius 1 is 1.16 bits per heavy atom. The number of hydrogen-bond acceptors (Lipinski definition) is 5. The van der Waals surface area contributed by atoms with Crippen molar-refractivity contribution in [3.8, 4) is 11.5 Å². The lowest BCUT2D eigenvalue weighted by molar-refractivity contribution is 0.0660. The molecule has 1 aliphatic rings. The van der Waals surface area contributed by atoms with Gasteiger partial charge < -0.3 is 9.47 Å². The van der Waals surface area contributed by atoms with Gasteiger partial charge in [-0.05, 0) is 52.7 Å². The summed E-state index contributed by atoms with van der Waals surface area (Å²) in [5.74, 6) is 0.241. The summed E-state index contributed by atoms with van der Waals surface area (Å²) >= 11 is 3.43. The maximum Gasteiger partial charge on any atom is 0.282 e. The lowest BCUT2D eigenvalue weighted by atomic mass is 10.1. The van der Waals surface area contributed by atoms with Crippen LogP contribution in [0.5, 0.6) is 11.5 Å². The van der Waals surface area contributed by atoms with Gasteiger partial charge in [-0.15, -0.1) is 0 Å². The molecule has 0 radical (unpaired) electrons.